The number of ether oxygens (including phenoxy) is 1. The van der Waals surface area contributed by atoms with Gasteiger partial charge in [-0.1, -0.05) is 12.1 Å². The molecule has 0 aliphatic heterocycles. The lowest BCUT2D eigenvalue weighted by Gasteiger charge is -2.10. The van der Waals surface area contributed by atoms with Crippen LogP contribution in [-0.2, 0) is 0 Å². The zero-order valence-electron chi connectivity index (χ0n) is 10.5. The van der Waals surface area contributed by atoms with Gasteiger partial charge in [0.15, 0.2) is 0 Å². The fourth-order valence-electron chi connectivity index (χ4n) is 1.55. The quantitative estimate of drug-likeness (QED) is 0.853. The van der Waals surface area contributed by atoms with Crippen LogP contribution in [0.5, 0.6) is 11.5 Å². The van der Waals surface area contributed by atoms with E-state index in [1.807, 2.05) is 49.6 Å². The molecule has 0 amide bonds. The fourth-order valence-corrected chi connectivity index (χ4v) is 2.08. The average Bonchev–Trinajstić information content (AvgIpc) is 2.40. The zero-order valence-corrected chi connectivity index (χ0v) is 11.3. The first-order valence-corrected chi connectivity index (χ1v) is 6.95. The van der Waals surface area contributed by atoms with Crippen LogP contribution in [0.3, 0.4) is 0 Å². The molecule has 0 radical (unpaired) electrons. The van der Waals surface area contributed by atoms with E-state index >= 15 is 0 Å². The van der Waals surface area contributed by atoms with Crippen molar-refractivity contribution in [3.8, 4) is 11.5 Å². The van der Waals surface area contributed by atoms with Crippen LogP contribution in [0.2, 0.25) is 0 Å². The van der Waals surface area contributed by atoms with E-state index in [1.165, 1.54) is 0 Å². The largest absolute Gasteiger partial charge is 0.455 e. The Balaban J connectivity index is 2.18. The van der Waals surface area contributed by atoms with Crippen molar-refractivity contribution in [3.05, 3.63) is 48.3 Å². The number of hydrogen-bond acceptors (Lipinski definition) is 4. The summed E-state index contributed by atoms with van der Waals surface area (Å²) in [7, 11) is 0. The van der Waals surface area contributed by atoms with Gasteiger partial charge in [-0.25, -0.2) is 0 Å². The molecule has 0 fully saturated rings. The Labute approximate surface area is 111 Å². The molecule has 1 aromatic carbocycles. The number of benzene rings is 1. The number of thioether (sulfide) groups is 1. The van der Waals surface area contributed by atoms with Crippen LogP contribution in [0, 0.1) is 0 Å². The number of nitrogens with zero attached hydrogens (tertiary/aromatic N) is 1. The van der Waals surface area contributed by atoms with Crippen molar-refractivity contribution >= 4 is 11.8 Å². The molecule has 2 aromatic rings. The molecule has 94 valence electrons. The number of hydrogen-bond donors (Lipinski definition) is 1. The molecule has 4 heteroatoms. The maximum absolute atomic E-state index is 5.81. The summed E-state index contributed by atoms with van der Waals surface area (Å²) in [4.78, 5) is 5.38. The second-order valence-corrected chi connectivity index (χ2v) is 4.81. The van der Waals surface area contributed by atoms with E-state index in [0.29, 0.717) is 0 Å². The van der Waals surface area contributed by atoms with Gasteiger partial charge in [-0.15, -0.1) is 11.8 Å². The minimum atomic E-state index is -0.0578. The molecule has 0 aliphatic carbocycles. The normalized spacial score (nSPS) is 12.2. The van der Waals surface area contributed by atoms with Gasteiger partial charge in [0.2, 0.25) is 0 Å². The Kier molecular flexibility index (Phi) is 4.23. The number of rotatable bonds is 4. The third kappa shape index (κ3) is 3.03. The molecule has 1 atom stereocenters. The van der Waals surface area contributed by atoms with Crippen LogP contribution in [0.1, 0.15) is 18.7 Å². The van der Waals surface area contributed by atoms with Crippen LogP contribution >= 0.6 is 11.8 Å². The van der Waals surface area contributed by atoms with E-state index in [2.05, 4.69) is 4.98 Å². The lowest BCUT2D eigenvalue weighted by Crippen LogP contribution is -2.06. The van der Waals surface area contributed by atoms with Crippen LogP contribution in [0.4, 0.5) is 0 Å². The highest BCUT2D eigenvalue weighted by atomic mass is 32.2. The topological polar surface area (TPSA) is 48.1 Å². The second-order valence-electron chi connectivity index (χ2n) is 3.96. The molecule has 0 saturated heterocycles. The Bertz CT molecular complexity index is 511. The number of pyridine rings is 1. The van der Waals surface area contributed by atoms with E-state index in [4.69, 9.17) is 10.5 Å². The highest BCUT2D eigenvalue weighted by molar-refractivity contribution is 7.98. The number of nitrogens with two attached hydrogens (primary N) is 1. The van der Waals surface area contributed by atoms with Gasteiger partial charge in [-0.3, -0.25) is 4.98 Å². The summed E-state index contributed by atoms with van der Waals surface area (Å²) in [6, 6.07) is 11.7. The van der Waals surface area contributed by atoms with Crippen LogP contribution < -0.4 is 10.5 Å². The summed E-state index contributed by atoms with van der Waals surface area (Å²) < 4.78 is 5.81. The summed E-state index contributed by atoms with van der Waals surface area (Å²) in [5.74, 6) is 1.57. The maximum atomic E-state index is 5.81. The Morgan fingerprint density at radius 2 is 2.00 bits per heavy atom. The average molecular weight is 260 g/mol. The van der Waals surface area contributed by atoms with Gasteiger partial charge < -0.3 is 10.5 Å². The SMILES string of the molecule is CSc1ccccc1Oc1ccc([C@@H](C)N)nc1. The van der Waals surface area contributed by atoms with E-state index in [-0.39, 0.29) is 6.04 Å². The van der Waals surface area contributed by atoms with Crippen LogP contribution in [0.15, 0.2) is 47.5 Å². The predicted octanol–water partition coefficient (Wildman–Crippen LogP) is 3.62. The van der Waals surface area contributed by atoms with Crippen molar-refractivity contribution in [1.29, 1.82) is 0 Å². The molecule has 0 spiro atoms. The Morgan fingerprint density at radius 1 is 1.22 bits per heavy atom. The lowest BCUT2D eigenvalue weighted by atomic mass is 10.2. The molecule has 2 N–H and O–H groups in total. The van der Waals surface area contributed by atoms with Gasteiger partial charge >= 0.3 is 0 Å². The van der Waals surface area contributed by atoms with Crippen molar-refractivity contribution < 1.29 is 4.74 Å². The first kappa shape index (κ1) is 12.9. The highest BCUT2D eigenvalue weighted by Crippen LogP contribution is 2.30. The van der Waals surface area contributed by atoms with E-state index in [0.717, 1.165) is 22.1 Å². The first-order valence-electron chi connectivity index (χ1n) is 5.73. The van der Waals surface area contributed by atoms with Gasteiger partial charge in [0.1, 0.15) is 11.5 Å². The maximum Gasteiger partial charge on any atom is 0.145 e. The first-order chi connectivity index (χ1) is 8.70. The van der Waals surface area contributed by atoms with Gasteiger partial charge in [0.05, 0.1) is 11.9 Å². The van der Waals surface area contributed by atoms with Crippen LogP contribution in [0.25, 0.3) is 0 Å². The summed E-state index contributed by atoms with van der Waals surface area (Å²) in [5.41, 5.74) is 6.62. The minimum absolute atomic E-state index is 0.0578. The number of aromatic nitrogens is 1. The molecular formula is C14H16N2OS. The van der Waals surface area contributed by atoms with Crippen LogP contribution in [-0.4, -0.2) is 11.2 Å². The third-order valence-electron chi connectivity index (χ3n) is 2.52. The van der Waals surface area contributed by atoms with Gasteiger partial charge in [0.25, 0.3) is 0 Å². The smallest absolute Gasteiger partial charge is 0.145 e. The van der Waals surface area contributed by atoms with Crippen molar-refractivity contribution in [2.75, 3.05) is 6.26 Å². The second kappa shape index (κ2) is 5.89. The van der Waals surface area contributed by atoms with Crippen molar-refractivity contribution in [2.24, 2.45) is 5.73 Å². The Morgan fingerprint density at radius 3 is 2.61 bits per heavy atom. The fraction of sp³-hybridized carbons (Fsp3) is 0.214. The Hall–Kier alpha value is -1.52. The summed E-state index contributed by atoms with van der Waals surface area (Å²) in [6.45, 7) is 1.91. The molecule has 0 unspecified atom stereocenters. The molecule has 0 saturated carbocycles. The van der Waals surface area contributed by atoms with Gasteiger partial charge in [-0.2, -0.15) is 0 Å². The highest BCUT2D eigenvalue weighted by Gasteiger charge is 2.05. The van der Waals surface area contributed by atoms with Crippen molar-refractivity contribution in [2.45, 2.75) is 17.9 Å². The predicted molar refractivity (Wildman–Crippen MR) is 75.1 cm³/mol. The standard InChI is InChI=1S/C14H16N2OS/c1-10(15)12-8-7-11(9-16-12)17-13-5-3-4-6-14(13)18-2/h3-10H,15H2,1-2H3/t10-/m1/s1. The third-order valence-corrected chi connectivity index (χ3v) is 3.30. The summed E-state index contributed by atoms with van der Waals surface area (Å²) in [6.07, 6.45) is 3.73. The van der Waals surface area contributed by atoms with E-state index in [1.54, 1.807) is 18.0 Å². The molecular weight excluding hydrogens is 244 g/mol. The molecule has 0 bridgehead atoms. The summed E-state index contributed by atoms with van der Waals surface area (Å²) >= 11 is 1.66. The van der Waals surface area contributed by atoms with Gasteiger partial charge in [-0.05, 0) is 37.4 Å². The molecule has 2 rings (SSSR count). The van der Waals surface area contributed by atoms with Crippen molar-refractivity contribution in [3.63, 3.8) is 0 Å². The molecule has 18 heavy (non-hydrogen) atoms. The molecule has 1 aromatic heterocycles. The number of para-hydroxylation sites is 1. The van der Waals surface area contributed by atoms with Crippen molar-refractivity contribution in [1.82, 2.24) is 4.98 Å². The zero-order chi connectivity index (χ0) is 13.0. The molecule has 0 aliphatic rings. The minimum Gasteiger partial charge on any atom is -0.455 e. The van der Waals surface area contributed by atoms with Gasteiger partial charge in [0, 0.05) is 10.9 Å². The monoisotopic (exact) mass is 260 g/mol. The molecule has 3 nitrogen and oxygen atoms in total. The molecule has 1 heterocycles. The van der Waals surface area contributed by atoms with E-state index < -0.39 is 0 Å². The lowest BCUT2D eigenvalue weighted by molar-refractivity contribution is 0.468. The van der Waals surface area contributed by atoms with E-state index in [9.17, 15) is 0 Å². The summed E-state index contributed by atoms with van der Waals surface area (Å²) in [5, 5.41) is 0.